The minimum atomic E-state index is -1.86. The number of phenols is 6. The van der Waals surface area contributed by atoms with Crippen molar-refractivity contribution in [2.45, 2.75) is 30.7 Å². The summed E-state index contributed by atoms with van der Waals surface area (Å²) in [5, 5.41) is 91.2. The fraction of sp³-hybridized carbons (Fsp3) is 0.200. The smallest absolute Gasteiger partial charge is 0.402 e. The number of hydrogen-bond donors (Lipinski definition) is 9. The quantitative estimate of drug-likeness (QED) is 0.0629. The number of esters is 1. The lowest BCUT2D eigenvalue weighted by molar-refractivity contribution is -0.278. The molecule has 0 bridgehead atoms. The normalized spacial score (nSPS) is 21.8. The van der Waals surface area contributed by atoms with E-state index >= 15 is 0 Å². The number of hydrogen-bond acceptors (Lipinski definition) is 13. The molecule has 1 aromatic heterocycles. The van der Waals surface area contributed by atoms with Crippen LogP contribution in [0.25, 0.3) is 28.4 Å². The molecule has 1 aliphatic heterocycles. The van der Waals surface area contributed by atoms with E-state index < -0.39 is 66.3 Å². The Bertz CT molecular complexity index is 1690. The summed E-state index contributed by atoms with van der Waals surface area (Å²) in [7, 11) is 0. The zero-order valence-corrected chi connectivity index (χ0v) is 22.5. The molecule has 5 rings (SSSR count). The van der Waals surface area contributed by atoms with Crippen molar-refractivity contribution in [3.8, 4) is 51.6 Å². The molecule has 2 heterocycles. The number of carbonyl (C=O) groups is 1. The first-order valence-corrected chi connectivity index (χ1v) is 13.0. The third kappa shape index (κ3) is 6.23. The van der Waals surface area contributed by atoms with Crippen LogP contribution in [-0.4, -0.2) is 89.2 Å². The topological polar surface area (TPSA) is 238 Å². The summed E-state index contributed by atoms with van der Waals surface area (Å²) >= 11 is 0. The Labute approximate surface area is 247 Å². The maximum Gasteiger partial charge on any atom is 0.402 e. The lowest BCUT2D eigenvalue weighted by atomic mass is 9.99. The molecule has 44 heavy (non-hydrogen) atoms. The fourth-order valence-corrected chi connectivity index (χ4v) is 4.45. The van der Waals surface area contributed by atoms with Gasteiger partial charge in [0.1, 0.15) is 53.7 Å². The van der Waals surface area contributed by atoms with Gasteiger partial charge < -0.3 is 60.2 Å². The summed E-state index contributed by atoms with van der Waals surface area (Å²) in [5.41, 5.74) is 0.464. The zero-order chi connectivity index (χ0) is 31.7. The van der Waals surface area contributed by atoms with Crippen LogP contribution in [0.3, 0.4) is 0 Å². The Kier molecular flexibility index (Phi) is 8.33. The first-order valence-electron chi connectivity index (χ1n) is 13.0. The van der Waals surface area contributed by atoms with E-state index in [0.717, 1.165) is 30.3 Å². The van der Waals surface area contributed by atoms with E-state index in [1.807, 2.05) is 0 Å². The number of aliphatic hydroxyl groups excluding tert-OH is 3. The maximum atomic E-state index is 12.3. The second-order valence-corrected chi connectivity index (χ2v) is 9.87. The standard InChI is InChI=1S/C30H26O14/c31-15-4-1-13(2-5-15)3-6-24(36)41-12-23-26(38)27(39)28(40)30(44-23)43-22-11-17-18(33)9-16(32)10-21(17)42-29(22)14-7-19(34)25(37)20(35)8-14/h1-11,23,26-28,30,38-40H,12H2,(H5-,31,32,33,34,35,36,37)/p+1/t23-,26+,27+,28-,30-/m1/s1. The van der Waals surface area contributed by atoms with E-state index in [2.05, 4.69) is 0 Å². The van der Waals surface area contributed by atoms with E-state index in [1.165, 1.54) is 24.3 Å². The van der Waals surface area contributed by atoms with Gasteiger partial charge in [-0.2, -0.15) is 0 Å². The summed E-state index contributed by atoms with van der Waals surface area (Å²) < 4.78 is 22.4. The minimum absolute atomic E-state index is 0.0190. The maximum absolute atomic E-state index is 12.3. The molecule has 14 heteroatoms. The van der Waals surface area contributed by atoms with Gasteiger partial charge in [0.2, 0.25) is 12.0 Å². The molecule has 0 radical (unpaired) electrons. The van der Waals surface area contributed by atoms with Crippen molar-refractivity contribution in [2.24, 2.45) is 0 Å². The molecule has 0 saturated carbocycles. The third-order valence-corrected chi connectivity index (χ3v) is 6.75. The number of aliphatic hydroxyl groups is 3. The van der Waals surface area contributed by atoms with Gasteiger partial charge in [0.25, 0.3) is 0 Å². The minimum Gasteiger partial charge on any atom is -0.508 e. The molecule has 4 aromatic rings. The monoisotopic (exact) mass is 611 g/mol. The first kappa shape index (κ1) is 30.2. The molecular weight excluding hydrogens is 584 g/mol. The molecule has 1 saturated heterocycles. The lowest BCUT2D eigenvalue weighted by Gasteiger charge is -2.39. The molecule has 5 atom stereocenters. The van der Waals surface area contributed by atoms with Crippen LogP contribution in [0, 0.1) is 0 Å². The molecular formula is C30H27O14+. The molecule has 1 fully saturated rings. The summed E-state index contributed by atoms with van der Waals surface area (Å²) in [4.78, 5) is 12.3. The molecule has 3 aromatic carbocycles. The zero-order valence-electron chi connectivity index (χ0n) is 22.5. The molecule has 0 spiro atoms. The average molecular weight is 612 g/mol. The van der Waals surface area contributed by atoms with E-state index in [4.69, 9.17) is 18.6 Å². The van der Waals surface area contributed by atoms with Crippen molar-refractivity contribution in [3.05, 3.63) is 66.2 Å². The van der Waals surface area contributed by atoms with E-state index in [9.17, 15) is 50.8 Å². The van der Waals surface area contributed by atoms with Crippen LogP contribution in [0.15, 0.2) is 65.1 Å². The largest absolute Gasteiger partial charge is 0.508 e. The second-order valence-electron chi connectivity index (χ2n) is 9.87. The predicted molar refractivity (Wildman–Crippen MR) is 150 cm³/mol. The highest BCUT2D eigenvalue weighted by Gasteiger charge is 2.46. The Morgan fingerprint density at radius 1 is 0.818 bits per heavy atom. The highest BCUT2D eigenvalue weighted by atomic mass is 16.7. The molecule has 0 amide bonds. The molecule has 9 N–H and O–H groups in total. The summed E-state index contributed by atoms with van der Waals surface area (Å²) in [6.45, 7) is -0.571. The van der Waals surface area contributed by atoms with Crippen LogP contribution in [0.4, 0.5) is 0 Å². The molecule has 14 nitrogen and oxygen atoms in total. The molecule has 0 unspecified atom stereocenters. The number of ether oxygens (including phenoxy) is 3. The number of carbonyl (C=O) groups excluding carboxylic acids is 1. The van der Waals surface area contributed by atoms with Crippen molar-refractivity contribution in [1.82, 2.24) is 0 Å². The first-order chi connectivity index (χ1) is 20.9. The van der Waals surface area contributed by atoms with Gasteiger partial charge in [-0.1, -0.05) is 12.1 Å². The highest BCUT2D eigenvalue weighted by molar-refractivity contribution is 5.89. The lowest BCUT2D eigenvalue weighted by Crippen LogP contribution is -2.60. The van der Waals surface area contributed by atoms with Gasteiger partial charge in [0.05, 0.1) is 11.6 Å². The number of benzene rings is 3. The van der Waals surface area contributed by atoms with Crippen LogP contribution in [0.1, 0.15) is 5.56 Å². The average Bonchev–Trinajstić information content (AvgIpc) is 2.98. The van der Waals surface area contributed by atoms with Gasteiger partial charge in [-0.3, -0.25) is 0 Å². The fourth-order valence-electron chi connectivity index (χ4n) is 4.45. The molecule has 1 aliphatic rings. The van der Waals surface area contributed by atoms with Crippen molar-refractivity contribution in [2.75, 3.05) is 6.61 Å². The highest BCUT2D eigenvalue weighted by Crippen LogP contribution is 2.44. The summed E-state index contributed by atoms with van der Waals surface area (Å²) in [5.74, 6) is -4.35. The Morgan fingerprint density at radius 3 is 2.18 bits per heavy atom. The van der Waals surface area contributed by atoms with E-state index in [1.54, 1.807) is 12.1 Å². The van der Waals surface area contributed by atoms with Gasteiger partial charge in [0, 0.05) is 30.3 Å². The van der Waals surface area contributed by atoms with Crippen LogP contribution in [0.5, 0.6) is 40.2 Å². The Morgan fingerprint density at radius 2 is 1.50 bits per heavy atom. The Hall–Kier alpha value is -5.28. The predicted octanol–water partition coefficient (Wildman–Crippen LogP) is 2.06. The van der Waals surface area contributed by atoms with Gasteiger partial charge >= 0.3 is 17.3 Å². The van der Waals surface area contributed by atoms with Crippen LogP contribution in [0.2, 0.25) is 0 Å². The van der Waals surface area contributed by atoms with Gasteiger partial charge in [0.15, 0.2) is 17.2 Å². The van der Waals surface area contributed by atoms with E-state index in [-0.39, 0.29) is 39.5 Å². The van der Waals surface area contributed by atoms with Crippen LogP contribution < -0.4 is 4.74 Å². The number of rotatable bonds is 7. The molecule has 230 valence electrons. The number of phenolic OH excluding ortho intramolecular Hbond substituents is 6. The number of fused-ring (bicyclic) bond motifs is 1. The summed E-state index contributed by atoms with van der Waals surface area (Å²) in [6.07, 6.45) is -6.01. The Balaban J connectivity index is 1.41. The van der Waals surface area contributed by atoms with Gasteiger partial charge in [-0.15, -0.1) is 0 Å². The molecule has 0 aliphatic carbocycles. The van der Waals surface area contributed by atoms with Crippen molar-refractivity contribution in [3.63, 3.8) is 0 Å². The van der Waals surface area contributed by atoms with Crippen molar-refractivity contribution in [1.29, 1.82) is 0 Å². The third-order valence-electron chi connectivity index (χ3n) is 6.75. The van der Waals surface area contributed by atoms with E-state index in [0.29, 0.717) is 5.56 Å². The summed E-state index contributed by atoms with van der Waals surface area (Å²) in [6, 6.07) is 11.4. The van der Waals surface area contributed by atoms with Crippen LogP contribution >= 0.6 is 0 Å². The van der Waals surface area contributed by atoms with Crippen molar-refractivity contribution >= 4 is 23.0 Å². The van der Waals surface area contributed by atoms with Crippen LogP contribution in [-0.2, 0) is 14.3 Å². The number of aromatic hydroxyl groups is 6. The second kappa shape index (κ2) is 12.1. The van der Waals surface area contributed by atoms with Gasteiger partial charge in [-0.25, -0.2) is 9.21 Å². The SMILES string of the molecule is O=C(/C=C/c1ccc(O)cc1)OC[C@H]1O[C@@H](Oc2cc3c(O)cc(O)cc3[o+]c2-c2cc(O)c(O)c(O)c2)[C@H](O)[C@@H](O)[C@H]1O. The van der Waals surface area contributed by atoms with Crippen molar-refractivity contribution < 1.29 is 69.4 Å². The van der Waals surface area contributed by atoms with Gasteiger partial charge in [-0.05, 0) is 23.8 Å².